The van der Waals surface area contributed by atoms with E-state index in [0.717, 1.165) is 41.4 Å². The molecule has 1 atom stereocenters. The number of rotatable bonds is 4. The first-order chi connectivity index (χ1) is 12.7. The molecule has 27 heavy (non-hydrogen) atoms. The summed E-state index contributed by atoms with van der Waals surface area (Å²) in [7, 11) is -4.10. The fourth-order valence-electron chi connectivity index (χ4n) is 3.08. The van der Waals surface area contributed by atoms with Crippen molar-refractivity contribution in [2.24, 2.45) is 5.92 Å². The van der Waals surface area contributed by atoms with Gasteiger partial charge < -0.3 is 0 Å². The molecule has 0 saturated carbocycles. The largest absolute Gasteiger partial charge is 0.270 e. The molecule has 140 valence electrons. The fourth-order valence-corrected chi connectivity index (χ4v) is 5.81. The number of non-ortho nitro benzene ring substituents is 1. The van der Waals surface area contributed by atoms with Gasteiger partial charge in [0.05, 0.1) is 19.2 Å². The van der Waals surface area contributed by atoms with Crippen LogP contribution in [-0.4, -0.2) is 13.3 Å². The third-order valence-corrected chi connectivity index (χ3v) is 7.37. The van der Waals surface area contributed by atoms with E-state index in [0.29, 0.717) is 16.2 Å². The zero-order valence-electron chi connectivity index (χ0n) is 14.3. The quantitative estimate of drug-likeness (QED) is 0.450. The molecule has 1 aliphatic carbocycles. The van der Waals surface area contributed by atoms with Gasteiger partial charge in [0.15, 0.2) is 0 Å². The van der Waals surface area contributed by atoms with Crippen LogP contribution in [0, 0.1) is 31.2 Å². The minimum atomic E-state index is -4.10. The molecule has 10 heteroatoms. The maximum Gasteiger partial charge on any atom is 0.270 e. The highest BCUT2D eigenvalue weighted by molar-refractivity contribution is 7.93. The standard InChI is InChI=1S/C17H15N3O4S3/c1-10-5-6-13-14(7-10)17(25)26-16(15(13)9-18)19-27(23,24)12-4-2-3-11(8-12)20(21)22/h2-4,8,10,19H,5-7H2,1H3. The smallest absolute Gasteiger partial charge is 0.269 e. The average Bonchev–Trinajstić information content (AvgIpc) is 2.62. The van der Waals surface area contributed by atoms with Crippen molar-refractivity contribution in [3.8, 4) is 6.07 Å². The monoisotopic (exact) mass is 421 g/mol. The molecule has 3 rings (SSSR count). The lowest BCUT2D eigenvalue weighted by atomic mass is 9.85. The SMILES string of the molecule is CC1CCc2c(C#N)c(NS(=O)(=O)c3cccc([N+](=O)[O-])c3)sc(=S)c2C1. The molecule has 0 spiro atoms. The minimum Gasteiger partial charge on any atom is -0.269 e. The summed E-state index contributed by atoms with van der Waals surface area (Å²) in [5, 5.41) is 20.7. The van der Waals surface area contributed by atoms with E-state index >= 15 is 0 Å². The van der Waals surface area contributed by atoms with Crippen LogP contribution in [0.25, 0.3) is 0 Å². The zero-order valence-corrected chi connectivity index (χ0v) is 16.7. The Kier molecular flexibility index (Phi) is 5.28. The average molecular weight is 422 g/mol. The number of hydrogen-bond donors (Lipinski definition) is 1. The summed E-state index contributed by atoms with van der Waals surface area (Å²) in [6.07, 6.45) is 2.35. The Morgan fingerprint density at radius 1 is 1.41 bits per heavy atom. The van der Waals surface area contributed by atoms with Gasteiger partial charge in [-0.3, -0.25) is 14.8 Å². The van der Waals surface area contributed by atoms with E-state index in [1.54, 1.807) is 0 Å². The number of fused-ring (bicyclic) bond motifs is 1. The van der Waals surface area contributed by atoms with Gasteiger partial charge in [-0.2, -0.15) is 5.26 Å². The highest BCUT2D eigenvalue weighted by Crippen LogP contribution is 2.36. The number of nitro benzene ring substituents is 1. The first-order valence-corrected chi connectivity index (χ1v) is 10.8. The summed E-state index contributed by atoms with van der Waals surface area (Å²) < 4.78 is 28.4. The van der Waals surface area contributed by atoms with E-state index in [2.05, 4.69) is 17.7 Å². The molecule has 1 aromatic carbocycles. The summed E-state index contributed by atoms with van der Waals surface area (Å²) in [6.45, 7) is 2.12. The van der Waals surface area contributed by atoms with Crippen LogP contribution in [0.5, 0.6) is 0 Å². The third-order valence-electron chi connectivity index (χ3n) is 4.45. The van der Waals surface area contributed by atoms with Crippen LogP contribution in [0.4, 0.5) is 10.7 Å². The predicted molar refractivity (Wildman–Crippen MR) is 105 cm³/mol. The normalized spacial score (nSPS) is 16.2. The molecule has 1 unspecified atom stereocenters. The van der Waals surface area contributed by atoms with Crippen LogP contribution in [0.2, 0.25) is 0 Å². The van der Waals surface area contributed by atoms with Crippen molar-refractivity contribution in [3.05, 3.63) is 54.9 Å². The summed E-state index contributed by atoms with van der Waals surface area (Å²) in [4.78, 5) is 10.00. The second kappa shape index (κ2) is 7.34. The molecule has 1 aliphatic rings. The number of sulfonamides is 1. The van der Waals surface area contributed by atoms with Crippen LogP contribution in [0.3, 0.4) is 0 Å². The Morgan fingerprint density at radius 3 is 2.81 bits per heavy atom. The maximum absolute atomic E-state index is 12.7. The molecule has 0 saturated heterocycles. The number of nitrogens with zero attached hydrogens (tertiary/aromatic N) is 2. The highest BCUT2D eigenvalue weighted by atomic mass is 32.2. The van der Waals surface area contributed by atoms with Gasteiger partial charge >= 0.3 is 0 Å². The number of nitrogens with one attached hydrogen (secondary N) is 1. The van der Waals surface area contributed by atoms with Crippen molar-refractivity contribution in [1.29, 1.82) is 5.26 Å². The molecule has 1 heterocycles. The summed E-state index contributed by atoms with van der Waals surface area (Å²) in [6, 6.07) is 6.85. The van der Waals surface area contributed by atoms with Gasteiger partial charge in [-0.25, -0.2) is 8.42 Å². The number of benzene rings is 1. The van der Waals surface area contributed by atoms with Gasteiger partial charge in [-0.1, -0.05) is 25.2 Å². The second-order valence-corrected chi connectivity index (χ2v) is 9.74. The van der Waals surface area contributed by atoms with Crippen molar-refractivity contribution in [2.45, 2.75) is 31.1 Å². The van der Waals surface area contributed by atoms with E-state index in [1.807, 2.05) is 0 Å². The molecule has 0 amide bonds. The lowest BCUT2D eigenvalue weighted by Gasteiger charge is -2.23. The van der Waals surface area contributed by atoms with Crippen molar-refractivity contribution in [1.82, 2.24) is 0 Å². The molecule has 0 fully saturated rings. The molecule has 1 aromatic heterocycles. The Labute approximate surface area is 165 Å². The van der Waals surface area contributed by atoms with Crippen molar-refractivity contribution in [2.75, 3.05) is 4.72 Å². The van der Waals surface area contributed by atoms with E-state index in [-0.39, 0.29) is 21.1 Å². The van der Waals surface area contributed by atoms with Gasteiger partial charge in [0.2, 0.25) is 0 Å². The number of nitro groups is 1. The summed E-state index contributed by atoms with van der Waals surface area (Å²) in [5.74, 6) is 0.463. The molecule has 2 aromatic rings. The Hall–Kier alpha value is -2.35. The van der Waals surface area contributed by atoms with Crippen LogP contribution in [-0.2, 0) is 22.9 Å². The first kappa shape index (κ1) is 19.4. The summed E-state index contributed by atoms with van der Waals surface area (Å²) >= 11 is 6.48. The molecule has 0 aliphatic heterocycles. The van der Waals surface area contributed by atoms with Gasteiger partial charge in [0.25, 0.3) is 15.7 Å². The van der Waals surface area contributed by atoms with E-state index in [1.165, 1.54) is 18.2 Å². The minimum absolute atomic E-state index is 0.155. The molecular formula is C17H15N3O4S3. The van der Waals surface area contributed by atoms with Gasteiger partial charge in [-0.15, -0.1) is 11.3 Å². The molecular weight excluding hydrogens is 406 g/mol. The Morgan fingerprint density at radius 2 is 2.15 bits per heavy atom. The van der Waals surface area contributed by atoms with Crippen LogP contribution in [0.1, 0.15) is 30.0 Å². The lowest BCUT2D eigenvalue weighted by molar-refractivity contribution is -0.385. The van der Waals surface area contributed by atoms with E-state index in [9.17, 15) is 23.8 Å². The predicted octanol–water partition coefficient (Wildman–Crippen LogP) is 4.18. The van der Waals surface area contributed by atoms with Crippen LogP contribution >= 0.6 is 23.6 Å². The molecule has 7 nitrogen and oxygen atoms in total. The first-order valence-electron chi connectivity index (χ1n) is 8.09. The van der Waals surface area contributed by atoms with Crippen LogP contribution < -0.4 is 4.72 Å². The van der Waals surface area contributed by atoms with Gasteiger partial charge in [-0.05, 0) is 42.4 Å². The van der Waals surface area contributed by atoms with Crippen molar-refractivity contribution >= 4 is 44.3 Å². The number of nitriles is 1. The number of anilines is 1. The number of hydrogen-bond acceptors (Lipinski definition) is 7. The van der Waals surface area contributed by atoms with Gasteiger partial charge in [0.1, 0.15) is 11.1 Å². The zero-order chi connectivity index (χ0) is 19.8. The van der Waals surface area contributed by atoms with E-state index in [4.69, 9.17) is 12.2 Å². The van der Waals surface area contributed by atoms with E-state index < -0.39 is 14.9 Å². The highest BCUT2D eigenvalue weighted by Gasteiger charge is 2.25. The third kappa shape index (κ3) is 3.85. The fraction of sp³-hybridized carbons (Fsp3) is 0.294. The van der Waals surface area contributed by atoms with Crippen molar-refractivity contribution in [3.63, 3.8) is 0 Å². The summed E-state index contributed by atoms with van der Waals surface area (Å²) in [5.41, 5.74) is 1.70. The Bertz CT molecular complexity index is 1130. The molecule has 1 N–H and O–H groups in total. The topological polar surface area (TPSA) is 113 Å². The second-order valence-electron chi connectivity index (χ2n) is 6.37. The molecule has 0 bridgehead atoms. The molecule has 0 radical (unpaired) electrons. The Balaban J connectivity index is 2.07. The van der Waals surface area contributed by atoms with Crippen molar-refractivity contribution < 1.29 is 13.3 Å². The van der Waals surface area contributed by atoms with Crippen LogP contribution in [0.15, 0.2) is 29.2 Å². The maximum atomic E-state index is 12.7. The lowest BCUT2D eigenvalue weighted by Crippen LogP contribution is -2.17. The van der Waals surface area contributed by atoms with Gasteiger partial charge in [0, 0.05) is 12.1 Å².